The van der Waals surface area contributed by atoms with Crippen LogP contribution in [0.5, 0.6) is 5.75 Å². The molecule has 0 N–H and O–H groups in total. The van der Waals surface area contributed by atoms with E-state index in [1.165, 1.54) is 43.5 Å². The molecule has 4 rings (SSSR count). The first-order valence-electron chi connectivity index (χ1n) is 9.00. The number of hydrogen-bond acceptors (Lipinski definition) is 8. The van der Waals surface area contributed by atoms with Crippen molar-refractivity contribution in [1.29, 1.82) is 0 Å². The molecule has 0 aromatic heterocycles. The molecule has 0 saturated carbocycles. The van der Waals surface area contributed by atoms with Crippen molar-refractivity contribution in [1.82, 2.24) is 5.01 Å². The molecule has 154 valence electrons. The van der Waals surface area contributed by atoms with Crippen molar-refractivity contribution in [3.8, 4) is 5.75 Å². The highest BCUT2D eigenvalue weighted by Gasteiger charge is 2.54. The second-order valence-electron chi connectivity index (χ2n) is 6.70. The highest BCUT2D eigenvalue weighted by Crippen LogP contribution is 2.34. The van der Waals surface area contributed by atoms with Crippen LogP contribution in [-0.4, -0.2) is 49.1 Å². The molecule has 2 aromatic carbocycles. The molecule has 10 heteroatoms. The molecular weight excluding hydrogens is 395 g/mol. The number of carbonyl (C=O) groups is 3. The molecule has 2 amide bonds. The number of anilines is 1. The van der Waals surface area contributed by atoms with Gasteiger partial charge in [-0.05, 0) is 42.5 Å². The van der Waals surface area contributed by atoms with Gasteiger partial charge in [0.15, 0.2) is 12.1 Å². The number of halogens is 1. The van der Waals surface area contributed by atoms with E-state index in [1.54, 1.807) is 18.2 Å². The lowest BCUT2D eigenvalue weighted by atomic mass is 10.1. The van der Waals surface area contributed by atoms with Crippen LogP contribution < -0.4 is 9.64 Å². The molecule has 2 aromatic rings. The summed E-state index contributed by atoms with van der Waals surface area (Å²) in [5.41, 5.74) is 1.14. The first-order chi connectivity index (χ1) is 14.4. The number of fused-ring (bicyclic) bond motifs is 1. The van der Waals surface area contributed by atoms with Crippen molar-refractivity contribution in [2.45, 2.75) is 18.6 Å². The maximum absolute atomic E-state index is 13.2. The molecule has 2 aliphatic rings. The van der Waals surface area contributed by atoms with Crippen LogP contribution in [0, 0.1) is 5.82 Å². The third kappa shape index (κ3) is 3.15. The number of imide groups is 1. The molecule has 1 fully saturated rings. The Balaban J connectivity index is 1.62. The molecule has 0 bridgehead atoms. The van der Waals surface area contributed by atoms with Crippen LogP contribution in [0.3, 0.4) is 0 Å². The van der Waals surface area contributed by atoms with E-state index in [9.17, 15) is 18.8 Å². The van der Waals surface area contributed by atoms with E-state index in [0.717, 1.165) is 4.90 Å². The summed E-state index contributed by atoms with van der Waals surface area (Å²) >= 11 is 0. The van der Waals surface area contributed by atoms with Crippen LogP contribution in [0.2, 0.25) is 0 Å². The van der Waals surface area contributed by atoms with E-state index < -0.39 is 35.7 Å². The van der Waals surface area contributed by atoms with Crippen LogP contribution in [0.1, 0.15) is 15.9 Å². The Bertz CT molecular complexity index is 1060. The quantitative estimate of drug-likeness (QED) is 0.551. The number of amides is 2. The molecule has 2 aliphatic heterocycles. The van der Waals surface area contributed by atoms with Crippen LogP contribution in [0.4, 0.5) is 10.1 Å². The van der Waals surface area contributed by atoms with Crippen molar-refractivity contribution in [2.75, 3.05) is 19.1 Å². The minimum Gasteiger partial charge on any atom is -0.496 e. The van der Waals surface area contributed by atoms with Crippen molar-refractivity contribution in [3.05, 3.63) is 59.4 Å². The zero-order valence-corrected chi connectivity index (χ0v) is 16.1. The maximum atomic E-state index is 13.2. The second kappa shape index (κ2) is 7.54. The van der Waals surface area contributed by atoms with Gasteiger partial charge in [-0.15, -0.1) is 0 Å². The summed E-state index contributed by atoms with van der Waals surface area (Å²) in [5, 5.41) is 9.33. The van der Waals surface area contributed by atoms with Gasteiger partial charge in [0.1, 0.15) is 11.6 Å². The van der Waals surface area contributed by atoms with Gasteiger partial charge in [0.2, 0.25) is 0 Å². The molecule has 0 aliphatic carbocycles. The van der Waals surface area contributed by atoms with Gasteiger partial charge in [-0.2, -0.15) is 5.11 Å². The lowest BCUT2D eigenvalue weighted by Gasteiger charge is -2.21. The molecule has 1 saturated heterocycles. The topological polar surface area (TPSA) is 101 Å². The molecule has 2 heterocycles. The molecular formula is C20H17FN4O5. The first-order valence-corrected chi connectivity index (χ1v) is 9.00. The number of nitrogens with zero attached hydrogens (tertiary/aromatic N) is 4. The summed E-state index contributed by atoms with van der Waals surface area (Å²) in [4.78, 5) is 38.6. The van der Waals surface area contributed by atoms with Gasteiger partial charge in [-0.3, -0.25) is 14.6 Å². The summed E-state index contributed by atoms with van der Waals surface area (Å²) in [5.74, 6) is -1.55. The van der Waals surface area contributed by atoms with E-state index in [1.807, 2.05) is 0 Å². The Morgan fingerprint density at radius 3 is 2.50 bits per heavy atom. The third-order valence-electron chi connectivity index (χ3n) is 4.98. The fourth-order valence-corrected chi connectivity index (χ4v) is 3.52. The van der Waals surface area contributed by atoms with E-state index in [4.69, 9.17) is 9.47 Å². The van der Waals surface area contributed by atoms with Gasteiger partial charge in [-0.1, -0.05) is 5.22 Å². The van der Waals surface area contributed by atoms with Crippen LogP contribution >= 0.6 is 0 Å². The lowest BCUT2D eigenvalue weighted by molar-refractivity contribution is -0.123. The highest BCUT2D eigenvalue weighted by molar-refractivity contribution is 6.25. The summed E-state index contributed by atoms with van der Waals surface area (Å²) in [6.45, 7) is 0.0783. The number of rotatable bonds is 5. The number of hydrogen-bond donors (Lipinski definition) is 0. The number of esters is 1. The normalized spacial score (nSPS) is 20.0. The Morgan fingerprint density at radius 2 is 1.83 bits per heavy atom. The zero-order chi connectivity index (χ0) is 21.4. The van der Waals surface area contributed by atoms with Gasteiger partial charge in [0.25, 0.3) is 11.8 Å². The standard InChI is InChI=1S/C20H17FN4O5/c1-29-15-8-3-11(20(28)30-2)9-12(15)10-24-17-16(22-23-24)18(26)25(19(17)27)14-6-4-13(21)5-7-14/h3-9,16-17H,10H2,1-2H3/t16-,17-/m0/s1. The number of methoxy groups -OCH3 is 2. The SMILES string of the molecule is COC(=O)c1ccc(OC)c(CN2N=N[C@@H]3C(=O)N(c4ccc(F)cc4)C(=O)[C@H]32)c1. The maximum Gasteiger partial charge on any atom is 0.337 e. The van der Waals surface area contributed by atoms with E-state index in [2.05, 4.69) is 10.3 Å². The second-order valence-corrected chi connectivity index (χ2v) is 6.70. The van der Waals surface area contributed by atoms with Gasteiger partial charge in [-0.25, -0.2) is 14.1 Å². The fraction of sp³-hybridized carbons (Fsp3) is 0.250. The average molecular weight is 412 g/mol. The monoisotopic (exact) mass is 412 g/mol. The first kappa shape index (κ1) is 19.5. The minimum atomic E-state index is -0.989. The predicted molar refractivity (Wildman–Crippen MR) is 101 cm³/mol. The van der Waals surface area contributed by atoms with Gasteiger partial charge < -0.3 is 9.47 Å². The summed E-state index contributed by atoms with van der Waals surface area (Å²) in [7, 11) is 2.75. The van der Waals surface area contributed by atoms with E-state index in [0.29, 0.717) is 16.9 Å². The lowest BCUT2D eigenvalue weighted by Crippen LogP contribution is -2.39. The number of benzene rings is 2. The smallest absolute Gasteiger partial charge is 0.337 e. The molecule has 0 unspecified atom stereocenters. The molecule has 9 nitrogen and oxygen atoms in total. The predicted octanol–water partition coefficient (Wildman–Crippen LogP) is 2.11. The minimum absolute atomic E-state index is 0.0783. The summed E-state index contributed by atoms with van der Waals surface area (Å²) in [6.07, 6.45) is 0. The Kier molecular flexibility index (Phi) is 4.90. The Morgan fingerprint density at radius 1 is 1.10 bits per heavy atom. The number of carbonyl (C=O) groups excluding carboxylic acids is 3. The van der Waals surface area contributed by atoms with Crippen LogP contribution in [0.15, 0.2) is 52.8 Å². The Hall–Kier alpha value is -3.82. The van der Waals surface area contributed by atoms with Crippen LogP contribution in [0.25, 0.3) is 0 Å². The molecule has 30 heavy (non-hydrogen) atoms. The van der Waals surface area contributed by atoms with Gasteiger partial charge in [0.05, 0.1) is 32.0 Å². The third-order valence-corrected chi connectivity index (χ3v) is 4.98. The number of ether oxygens (including phenoxy) is 2. The largest absolute Gasteiger partial charge is 0.496 e. The highest BCUT2D eigenvalue weighted by atomic mass is 19.1. The molecule has 0 spiro atoms. The van der Waals surface area contributed by atoms with Crippen molar-refractivity contribution < 1.29 is 28.2 Å². The van der Waals surface area contributed by atoms with Gasteiger partial charge in [0, 0.05) is 5.56 Å². The fourth-order valence-electron chi connectivity index (χ4n) is 3.52. The zero-order valence-electron chi connectivity index (χ0n) is 16.1. The van der Waals surface area contributed by atoms with Crippen molar-refractivity contribution in [2.24, 2.45) is 10.3 Å². The van der Waals surface area contributed by atoms with Crippen LogP contribution in [-0.2, 0) is 20.9 Å². The molecule has 2 atom stereocenters. The Labute approximate surface area is 170 Å². The van der Waals surface area contributed by atoms with Gasteiger partial charge >= 0.3 is 5.97 Å². The summed E-state index contributed by atoms with van der Waals surface area (Å²) < 4.78 is 23.3. The average Bonchev–Trinajstić information content (AvgIpc) is 3.28. The van der Waals surface area contributed by atoms with E-state index >= 15 is 0 Å². The molecule has 0 radical (unpaired) electrons. The van der Waals surface area contributed by atoms with Crippen molar-refractivity contribution >= 4 is 23.5 Å². The van der Waals surface area contributed by atoms with E-state index in [-0.39, 0.29) is 12.2 Å². The summed E-state index contributed by atoms with van der Waals surface area (Å²) in [6, 6.07) is 7.88. The van der Waals surface area contributed by atoms with Crippen molar-refractivity contribution in [3.63, 3.8) is 0 Å².